The van der Waals surface area contributed by atoms with Gasteiger partial charge in [-0.15, -0.1) is 0 Å². The number of nitro benzene ring substituents is 1. The maximum absolute atomic E-state index is 13.4. The molecule has 14 nitrogen and oxygen atoms in total. The molecule has 2 aromatic rings. The molecule has 1 aromatic carbocycles. The van der Waals surface area contributed by atoms with Crippen LogP contribution in [0.1, 0.15) is 24.3 Å². The predicted octanol–water partition coefficient (Wildman–Crippen LogP) is 2.38. The summed E-state index contributed by atoms with van der Waals surface area (Å²) in [5.74, 6) is -0.200. The maximum atomic E-state index is 13.4. The summed E-state index contributed by atoms with van der Waals surface area (Å²) in [7, 11) is -1.41. The van der Waals surface area contributed by atoms with E-state index in [2.05, 4.69) is 9.88 Å². The minimum atomic E-state index is -3.03. The van der Waals surface area contributed by atoms with Crippen molar-refractivity contribution in [1.29, 1.82) is 0 Å². The van der Waals surface area contributed by atoms with Gasteiger partial charge in [-0.05, 0) is 29.5 Å². The van der Waals surface area contributed by atoms with Crippen LogP contribution in [0.4, 0.5) is 17.3 Å². The van der Waals surface area contributed by atoms with Gasteiger partial charge in [0.25, 0.3) is 5.69 Å². The van der Waals surface area contributed by atoms with E-state index in [1.165, 1.54) is 16.8 Å². The van der Waals surface area contributed by atoms with Crippen LogP contribution < -0.4 is 4.90 Å². The smallest absolute Gasteiger partial charge is 0.390 e. The number of piperazine rings is 1. The summed E-state index contributed by atoms with van der Waals surface area (Å²) in [6.45, 7) is 7.71. The topological polar surface area (TPSA) is 143 Å². The first kappa shape index (κ1) is 24.8. The molecule has 0 bridgehead atoms. The van der Waals surface area contributed by atoms with Gasteiger partial charge in [0.2, 0.25) is 0 Å². The average Bonchev–Trinajstić information content (AvgIpc) is 3.76. The Kier molecular flexibility index (Phi) is 6.55. The molecular formula is C21H29N8O6P. The lowest BCUT2D eigenvalue weighted by Gasteiger charge is -2.35. The van der Waals surface area contributed by atoms with Gasteiger partial charge in [-0.3, -0.25) is 24.1 Å². The van der Waals surface area contributed by atoms with Crippen molar-refractivity contribution < 1.29 is 18.9 Å². The second kappa shape index (κ2) is 9.52. The van der Waals surface area contributed by atoms with E-state index in [1.807, 2.05) is 21.2 Å². The Morgan fingerprint density at radius 2 is 1.67 bits per heavy atom. The summed E-state index contributed by atoms with van der Waals surface area (Å²) in [6.07, 6.45) is 1.02. The Bertz CT molecular complexity index is 1200. The van der Waals surface area contributed by atoms with Crippen molar-refractivity contribution in [2.75, 3.05) is 57.3 Å². The molecule has 3 fully saturated rings. The van der Waals surface area contributed by atoms with E-state index in [-0.39, 0.29) is 16.6 Å². The molecule has 5 rings (SSSR count). The Hall–Kier alpha value is -2.90. The van der Waals surface area contributed by atoms with Gasteiger partial charge in [0.15, 0.2) is 0 Å². The zero-order valence-electron chi connectivity index (χ0n) is 20.2. The lowest BCUT2D eigenvalue weighted by molar-refractivity contribution is -0.396. The van der Waals surface area contributed by atoms with Crippen LogP contribution in [-0.2, 0) is 22.7 Å². The second-order valence-electron chi connectivity index (χ2n) is 9.28. The first-order valence-corrected chi connectivity index (χ1v) is 13.4. The van der Waals surface area contributed by atoms with Crippen molar-refractivity contribution >= 4 is 25.0 Å². The third-order valence-corrected chi connectivity index (χ3v) is 9.67. The molecule has 3 aliphatic rings. The van der Waals surface area contributed by atoms with E-state index in [0.29, 0.717) is 38.4 Å². The number of nitro groups is 2. The lowest BCUT2D eigenvalue weighted by Crippen LogP contribution is -2.46. The molecule has 0 amide bonds. The molecule has 1 atom stereocenters. The van der Waals surface area contributed by atoms with Gasteiger partial charge in [-0.2, -0.15) is 0 Å². The van der Waals surface area contributed by atoms with Crippen molar-refractivity contribution in [3.63, 3.8) is 0 Å². The monoisotopic (exact) mass is 520 g/mol. The Morgan fingerprint density at radius 1 is 1.03 bits per heavy atom. The Morgan fingerprint density at radius 3 is 2.19 bits per heavy atom. The van der Waals surface area contributed by atoms with E-state index in [9.17, 15) is 24.8 Å². The molecule has 15 heteroatoms. The molecule has 0 radical (unpaired) electrons. The van der Waals surface area contributed by atoms with Crippen LogP contribution in [0.5, 0.6) is 0 Å². The molecule has 1 unspecified atom stereocenters. The van der Waals surface area contributed by atoms with Crippen LogP contribution in [-0.4, -0.2) is 86.0 Å². The number of rotatable bonds is 10. The molecule has 4 heterocycles. The quantitative estimate of drug-likeness (QED) is 0.197. The summed E-state index contributed by atoms with van der Waals surface area (Å²) in [5, 5.41) is 22.8. The molecular weight excluding hydrogens is 491 g/mol. The van der Waals surface area contributed by atoms with Gasteiger partial charge in [-0.1, -0.05) is 4.98 Å². The van der Waals surface area contributed by atoms with Gasteiger partial charge in [0.1, 0.15) is 17.6 Å². The van der Waals surface area contributed by atoms with Gasteiger partial charge in [0, 0.05) is 58.4 Å². The fourth-order valence-corrected chi connectivity index (χ4v) is 6.85. The van der Waals surface area contributed by atoms with Gasteiger partial charge in [0.05, 0.1) is 24.6 Å². The van der Waals surface area contributed by atoms with Gasteiger partial charge >= 0.3 is 13.6 Å². The second-order valence-corrected chi connectivity index (χ2v) is 11.6. The highest BCUT2D eigenvalue weighted by atomic mass is 31.2. The predicted molar refractivity (Wildman–Crippen MR) is 131 cm³/mol. The zero-order valence-corrected chi connectivity index (χ0v) is 21.1. The summed E-state index contributed by atoms with van der Waals surface area (Å²) in [6, 6.07) is 4.94. The van der Waals surface area contributed by atoms with Crippen LogP contribution in [0, 0.1) is 20.2 Å². The number of hydrogen-bond acceptors (Lipinski definition) is 9. The Labute approximate surface area is 207 Å². The summed E-state index contributed by atoms with van der Waals surface area (Å²) in [5.41, 5.74) is 2.00. The average molecular weight is 520 g/mol. The number of imidazole rings is 1. The highest BCUT2D eigenvalue weighted by molar-refractivity contribution is 7.54. The largest absolute Gasteiger partial charge is 0.434 e. The normalized spacial score (nSPS) is 19.9. The summed E-state index contributed by atoms with van der Waals surface area (Å²) >= 11 is 0. The zero-order chi connectivity index (χ0) is 25.6. The highest BCUT2D eigenvalue weighted by Crippen LogP contribution is 2.63. The van der Waals surface area contributed by atoms with Crippen molar-refractivity contribution in [1.82, 2.24) is 23.8 Å². The number of anilines is 1. The molecule has 1 aromatic heterocycles. The fraction of sp³-hybridized carbons (Fsp3) is 0.571. The SMILES string of the molecule is CC(OP(=O)(N1CC1)N1CC1)c1ccc([N+](=O)[O-])c(N2CCN(Cc3cnc([N+](=O)[O-])n3C)CC2)c1. The molecule has 3 aliphatic heterocycles. The molecule has 36 heavy (non-hydrogen) atoms. The number of benzene rings is 1. The van der Waals surface area contributed by atoms with E-state index in [1.54, 1.807) is 19.2 Å². The third-order valence-electron chi connectivity index (χ3n) is 6.84. The molecule has 0 aliphatic carbocycles. The minimum absolute atomic E-state index is 0.0155. The standard InChI is InChI=1S/C21H29N8O6P/c1-16(35-36(34,26-9-10-26)27-11-12-27)17-3-4-19(28(30)31)20(13-17)25-7-5-24(6-8-25)15-18-14-22-21(23(18)2)29(32)33/h3-4,13-14,16H,5-12,15H2,1-2H3. The van der Waals surface area contributed by atoms with Crippen molar-refractivity contribution in [3.05, 3.63) is 55.9 Å². The number of hydrogen-bond donors (Lipinski definition) is 0. The van der Waals surface area contributed by atoms with Crippen LogP contribution in [0.15, 0.2) is 24.4 Å². The summed E-state index contributed by atoms with van der Waals surface area (Å²) < 4.78 is 24.6. The van der Waals surface area contributed by atoms with Crippen molar-refractivity contribution in [3.8, 4) is 0 Å². The van der Waals surface area contributed by atoms with Gasteiger partial charge < -0.3 is 15.0 Å². The van der Waals surface area contributed by atoms with Gasteiger partial charge in [-0.25, -0.2) is 13.9 Å². The van der Waals surface area contributed by atoms with Crippen molar-refractivity contribution in [2.45, 2.75) is 19.6 Å². The first-order valence-electron chi connectivity index (χ1n) is 11.9. The lowest BCUT2D eigenvalue weighted by atomic mass is 10.1. The molecule has 194 valence electrons. The first-order chi connectivity index (χ1) is 17.2. The molecule has 3 saturated heterocycles. The van der Waals surface area contributed by atoms with E-state index in [0.717, 1.165) is 37.4 Å². The minimum Gasteiger partial charge on any atom is -0.390 e. The molecule has 0 N–H and O–H groups in total. The Balaban J connectivity index is 1.28. The maximum Gasteiger partial charge on any atom is 0.434 e. The van der Waals surface area contributed by atoms with Crippen LogP contribution >= 0.6 is 7.67 Å². The van der Waals surface area contributed by atoms with Crippen LogP contribution in [0.2, 0.25) is 0 Å². The summed E-state index contributed by atoms with van der Waals surface area (Å²) in [4.78, 5) is 29.9. The third kappa shape index (κ3) is 4.87. The fourth-order valence-electron chi connectivity index (χ4n) is 4.50. The van der Waals surface area contributed by atoms with E-state index >= 15 is 0 Å². The van der Waals surface area contributed by atoms with E-state index < -0.39 is 18.7 Å². The van der Waals surface area contributed by atoms with Crippen molar-refractivity contribution in [2.24, 2.45) is 7.05 Å². The van der Waals surface area contributed by atoms with Crippen LogP contribution in [0.3, 0.4) is 0 Å². The highest BCUT2D eigenvalue weighted by Gasteiger charge is 2.50. The number of nitrogens with zero attached hydrogens (tertiary/aromatic N) is 8. The molecule has 0 spiro atoms. The van der Waals surface area contributed by atoms with E-state index in [4.69, 9.17) is 4.52 Å². The molecule has 0 saturated carbocycles. The van der Waals surface area contributed by atoms with Crippen LogP contribution in [0.25, 0.3) is 0 Å². The number of aromatic nitrogens is 2.